The SMILES string of the molecule is Nc1ccc(C(=O)Nc2ccccc2SC(F)F)cc1F. The maximum absolute atomic E-state index is 13.3. The third-order valence-corrected chi connectivity index (χ3v) is 3.40. The molecule has 0 heterocycles. The summed E-state index contributed by atoms with van der Waals surface area (Å²) in [5, 5.41) is 2.48. The van der Waals surface area contributed by atoms with Crippen molar-refractivity contribution in [3.63, 3.8) is 0 Å². The second kappa shape index (κ2) is 6.53. The van der Waals surface area contributed by atoms with Crippen LogP contribution in [0.1, 0.15) is 10.4 Å². The Bertz CT molecular complexity index is 664. The van der Waals surface area contributed by atoms with E-state index in [1.807, 2.05) is 0 Å². The Balaban J connectivity index is 2.21. The second-order valence-corrected chi connectivity index (χ2v) is 5.10. The number of rotatable bonds is 4. The zero-order chi connectivity index (χ0) is 15.4. The third kappa shape index (κ3) is 3.91. The van der Waals surface area contributed by atoms with E-state index in [0.717, 1.165) is 6.07 Å². The van der Waals surface area contributed by atoms with Crippen molar-refractivity contribution in [1.82, 2.24) is 0 Å². The first-order valence-corrected chi connectivity index (χ1v) is 6.75. The largest absolute Gasteiger partial charge is 0.396 e. The Morgan fingerprint density at radius 3 is 2.57 bits per heavy atom. The molecule has 0 radical (unpaired) electrons. The molecule has 7 heteroatoms. The van der Waals surface area contributed by atoms with Gasteiger partial charge in [-0.3, -0.25) is 4.79 Å². The van der Waals surface area contributed by atoms with E-state index in [-0.39, 0.29) is 21.8 Å². The standard InChI is InChI=1S/C14H11F3N2OS/c15-9-7-8(5-6-10(9)18)13(20)19-11-3-1-2-4-12(11)21-14(16)17/h1-7,14H,18H2,(H,19,20). The zero-order valence-corrected chi connectivity index (χ0v) is 11.5. The van der Waals surface area contributed by atoms with Gasteiger partial charge >= 0.3 is 0 Å². The number of nitrogens with two attached hydrogens (primary N) is 1. The summed E-state index contributed by atoms with van der Waals surface area (Å²) >= 11 is 0.326. The van der Waals surface area contributed by atoms with Gasteiger partial charge in [0.2, 0.25) is 0 Å². The van der Waals surface area contributed by atoms with Gasteiger partial charge in [0.1, 0.15) is 5.82 Å². The van der Waals surface area contributed by atoms with Gasteiger partial charge in [0.25, 0.3) is 11.7 Å². The number of amides is 1. The number of thioether (sulfide) groups is 1. The van der Waals surface area contributed by atoms with Crippen molar-refractivity contribution >= 4 is 29.0 Å². The molecule has 1 amide bonds. The minimum atomic E-state index is -2.60. The van der Waals surface area contributed by atoms with E-state index in [4.69, 9.17) is 5.73 Å². The average Bonchev–Trinajstić information content (AvgIpc) is 2.43. The van der Waals surface area contributed by atoms with Crippen LogP contribution in [0.4, 0.5) is 24.5 Å². The molecule has 0 saturated carbocycles. The molecule has 0 saturated heterocycles. The summed E-state index contributed by atoms with van der Waals surface area (Å²) in [6.07, 6.45) is 0. The molecular weight excluding hydrogens is 301 g/mol. The van der Waals surface area contributed by atoms with Crippen molar-refractivity contribution in [2.75, 3.05) is 11.1 Å². The van der Waals surface area contributed by atoms with Crippen molar-refractivity contribution in [1.29, 1.82) is 0 Å². The zero-order valence-electron chi connectivity index (χ0n) is 10.6. The highest BCUT2D eigenvalue weighted by atomic mass is 32.2. The summed E-state index contributed by atoms with van der Waals surface area (Å²) in [6, 6.07) is 9.78. The molecule has 3 N–H and O–H groups in total. The molecule has 110 valence electrons. The summed E-state index contributed by atoms with van der Waals surface area (Å²) in [5.41, 5.74) is 5.55. The Morgan fingerprint density at radius 2 is 1.90 bits per heavy atom. The maximum atomic E-state index is 13.3. The van der Waals surface area contributed by atoms with Crippen molar-refractivity contribution in [3.05, 3.63) is 53.8 Å². The van der Waals surface area contributed by atoms with Crippen LogP contribution in [0.5, 0.6) is 0 Å². The van der Waals surface area contributed by atoms with E-state index in [1.54, 1.807) is 12.1 Å². The van der Waals surface area contributed by atoms with Crippen molar-refractivity contribution in [3.8, 4) is 0 Å². The highest BCUT2D eigenvalue weighted by molar-refractivity contribution is 7.99. The molecule has 2 aromatic rings. The van der Waals surface area contributed by atoms with Crippen molar-refractivity contribution < 1.29 is 18.0 Å². The van der Waals surface area contributed by atoms with Gasteiger partial charge in [-0.1, -0.05) is 23.9 Å². The second-order valence-electron chi connectivity index (χ2n) is 4.07. The summed E-state index contributed by atoms with van der Waals surface area (Å²) in [7, 11) is 0. The molecule has 3 nitrogen and oxygen atoms in total. The molecule has 2 aromatic carbocycles. The van der Waals surface area contributed by atoms with Crippen LogP contribution < -0.4 is 11.1 Å². The van der Waals surface area contributed by atoms with Crippen LogP contribution in [0.25, 0.3) is 0 Å². The number of hydrogen-bond acceptors (Lipinski definition) is 3. The molecule has 0 fully saturated rings. The topological polar surface area (TPSA) is 55.1 Å². The predicted molar refractivity (Wildman–Crippen MR) is 77.1 cm³/mol. The fraction of sp³-hybridized carbons (Fsp3) is 0.0714. The van der Waals surface area contributed by atoms with Gasteiger partial charge < -0.3 is 11.1 Å². The normalized spacial score (nSPS) is 10.7. The van der Waals surface area contributed by atoms with Gasteiger partial charge in [0.15, 0.2) is 0 Å². The third-order valence-electron chi connectivity index (χ3n) is 2.61. The predicted octanol–water partition coefficient (Wildman–Crippen LogP) is 3.97. The van der Waals surface area contributed by atoms with Crippen LogP contribution in [0, 0.1) is 5.82 Å². The molecule has 0 bridgehead atoms. The number of benzene rings is 2. The minimum Gasteiger partial charge on any atom is -0.396 e. The highest BCUT2D eigenvalue weighted by Crippen LogP contribution is 2.31. The lowest BCUT2D eigenvalue weighted by atomic mass is 10.2. The summed E-state index contributed by atoms with van der Waals surface area (Å²) in [5.74, 6) is -3.91. The number of nitrogens with one attached hydrogen (secondary N) is 1. The molecule has 0 aliphatic rings. The lowest BCUT2D eigenvalue weighted by Gasteiger charge is -2.10. The number of halogens is 3. The van der Waals surface area contributed by atoms with Gasteiger partial charge in [-0.25, -0.2) is 4.39 Å². The average molecular weight is 312 g/mol. The Morgan fingerprint density at radius 1 is 1.19 bits per heavy atom. The monoisotopic (exact) mass is 312 g/mol. The molecule has 2 rings (SSSR count). The summed E-state index contributed by atoms with van der Waals surface area (Å²) in [6.45, 7) is 0. The van der Waals surface area contributed by atoms with Crippen LogP contribution in [-0.2, 0) is 0 Å². The molecule has 0 aromatic heterocycles. The fourth-order valence-corrected chi connectivity index (χ4v) is 2.23. The number of carbonyl (C=O) groups is 1. The Kier molecular flexibility index (Phi) is 4.74. The van der Waals surface area contributed by atoms with E-state index < -0.39 is 17.5 Å². The van der Waals surface area contributed by atoms with Gasteiger partial charge in [-0.2, -0.15) is 8.78 Å². The Labute approximate surface area is 123 Å². The van der Waals surface area contributed by atoms with Gasteiger partial charge in [0.05, 0.1) is 11.4 Å². The van der Waals surface area contributed by atoms with Crippen molar-refractivity contribution in [2.24, 2.45) is 0 Å². The van der Waals surface area contributed by atoms with Crippen LogP contribution in [-0.4, -0.2) is 11.7 Å². The van der Waals surface area contributed by atoms with Crippen LogP contribution in [0.2, 0.25) is 0 Å². The van der Waals surface area contributed by atoms with Crippen molar-refractivity contribution in [2.45, 2.75) is 10.7 Å². The molecule has 0 aliphatic carbocycles. The number of nitrogen functional groups attached to an aromatic ring is 1. The molecule has 21 heavy (non-hydrogen) atoms. The number of anilines is 2. The number of hydrogen-bond donors (Lipinski definition) is 2. The van der Waals surface area contributed by atoms with E-state index in [2.05, 4.69) is 5.32 Å². The summed E-state index contributed by atoms with van der Waals surface area (Å²) in [4.78, 5) is 12.2. The van der Waals surface area contributed by atoms with E-state index in [1.165, 1.54) is 24.3 Å². The number of alkyl halides is 2. The van der Waals surface area contributed by atoms with Crippen LogP contribution in [0.3, 0.4) is 0 Å². The molecule has 0 aliphatic heterocycles. The molecular formula is C14H11F3N2OS. The molecule has 0 unspecified atom stereocenters. The lowest BCUT2D eigenvalue weighted by Crippen LogP contribution is -2.13. The van der Waals surface area contributed by atoms with Gasteiger partial charge in [-0.15, -0.1) is 0 Å². The maximum Gasteiger partial charge on any atom is 0.288 e. The first kappa shape index (κ1) is 15.2. The van der Waals surface area contributed by atoms with E-state index >= 15 is 0 Å². The first-order valence-electron chi connectivity index (χ1n) is 5.87. The molecule has 0 spiro atoms. The first-order chi connectivity index (χ1) is 9.97. The minimum absolute atomic E-state index is 0.0542. The van der Waals surface area contributed by atoms with Crippen LogP contribution >= 0.6 is 11.8 Å². The Hall–Kier alpha value is -2.15. The summed E-state index contributed by atoms with van der Waals surface area (Å²) < 4.78 is 38.2. The quantitative estimate of drug-likeness (QED) is 0.663. The lowest BCUT2D eigenvalue weighted by molar-refractivity contribution is 0.102. The van der Waals surface area contributed by atoms with E-state index in [0.29, 0.717) is 11.8 Å². The van der Waals surface area contributed by atoms with E-state index in [9.17, 15) is 18.0 Å². The smallest absolute Gasteiger partial charge is 0.288 e. The number of para-hydroxylation sites is 1. The van der Waals surface area contributed by atoms with Gasteiger partial charge in [-0.05, 0) is 30.3 Å². The van der Waals surface area contributed by atoms with Crippen LogP contribution in [0.15, 0.2) is 47.4 Å². The van der Waals surface area contributed by atoms with Gasteiger partial charge in [0, 0.05) is 10.5 Å². The highest BCUT2D eigenvalue weighted by Gasteiger charge is 2.13. The number of carbonyl (C=O) groups excluding carboxylic acids is 1. The fourth-order valence-electron chi connectivity index (χ4n) is 1.63. The molecule has 0 atom stereocenters.